The molecule has 2 N–H and O–H groups in total. The van der Waals surface area contributed by atoms with Crippen LogP contribution < -0.4 is 5.32 Å². The number of allylic oxidation sites excluding steroid dienone is 4. The molecule has 0 bridgehead atoms. The summed E-state index contributed by atoms with van der Waals surface area (Å²) in [7, 11) is 0. The van der Waals surface area contributed by atoms with E-state index in [1.807, 2.05) is 31.2 Å². The van der Waals surface area contributed by atoms with Crippen molar-refractivity contribution in [3.63, 3.8) is 0 Å². The van der Waals surface area contributed by atoms with E-state index in [9.17, 15) is 14.7 Å². The minimum absolute atomic E-state index is 0.0627. The van der Waals surface area contributed by atoms with Gasteiger partial charge in [0.25, 0.3) is 0 Å². The highest BCUT2D eigenvalue weighted by atomic mass is 16.3. The van der Waals surface area contributed by atoms with E-state index in [0.717, 1.165) is 11.3 Å². The zero-order chi connectivity index (χ0) is 17.6. The van der Waals surface area contributed by atoms with Gasteiger partial charge in [0.05, 0.1) is 11.8 Å². The Labute approximate surface area is 145 Å². The van der Waals surface area contributed by atoms with Crippen molar-refractivity contribution in [3.05, 3.63) is 88.8 Å². The second-order valence-electron chi connectivity index (χ2n) is 6.43. The maximum absolute atomic E-state index is 13.0. The lowest BCUT2D eigenvalue weighted by molar-refractivity contribution is 0.0750. The molecule has 0 saturated heterocycles. The van der Waals surface area contributed by atoms with Crippen molar-refractivity contribution in [2.45, 2.75) is 6.92 Å². The number of rotatable bonds is 2. The molecule has 2 aliphatic carbocycles. The van der Waals surface area contributed by atoms with E-state index >= 15 is 0 Å². The molecule has 2 aromatic carbocycles. The average Bonchev–Trinajstić information content (AvgIpc) is 2.63. The summed E-state index contributed by atoms with van der Waals surface area (Å²) in [6.07, 6.45) is 3.17. The van der Waals surface area contributed by atoms with Gasteiger partial charge in [0.15, 0.2) is 11.6 Å². The fourth-order valence-electron chi connectivity index (χ4n) is 3.48. The first-order chi connectivity index (χ1) is 12.1. The van der Waals surface area contributed by atoms with Crippen molar-refractivity contribution in [1.82, 2.24) is 0 Å². The number of Topliss-reactive ketones (excluding diaryl/α,β-unsaturated/α-hetero) is 2. The average molecular weight is 331 g/mol. The molecule has 0 aromatic heterocycles. The van der Waals surface area contributed by atoms with Gasteiger partial charge < -0.3 is 10.4 Å². The Kier molecular flexibility index (Phi) is 3.53. The van der Waals surface area contributed by atoms with Crippen LogP contribution in [0.4, 0.5) is 5.69 Å². The fourth-order valence-corrected chi connectivity index (χ4v) is 3.48. The van der Waals surface area contributed by atoms with Crippen molar-refractivity contribution in [2.24, 2.45) is 11.8 Å². The van der Waals surface area contributed by atoms with E-state index < -0.39 is 11.8 Å². The SMILES string of the molecule is Cc1ccc(NC2=CC=C(O)C3C(=O)c4ccccc4C(=O)C23)cc1. The number of nitrogens with one attached hydrogen (secondary N) is 1. The number of aliphatic hydroxyl groups is 1. The lowest BCUT2D eigenvalue weighted by Crippen LogP contribution is -2.41. The third kappa shape index (κ3) is 2.47. The molecule has 0 fully saturated rings. The predicted molar refractivity (Wildman–Crippen MR) is 95.7 cm³/mol. The Hall–Kier alpha value is -3.14. The van der Waals surface area contributed by atoms with Crippen molar-refractivity contribution in [1.29, 1.82) is 0 Å². The normalized spacial score (nSPS) is 21.8. The molecule has 2 aliphatic rings. The summed E-state index contributed by atoms with van der Waals surface area (Å²) >= 11 is 0. The minimum Gasteiger partial charge on any atom is -0.512 e. The van der Waals surface area contributed by atoms with Gasteiger partial charge in [-0.3, -0.25) is 9.59 Å². The zero-order valence-electron chi connectivity index (χ0n) is 13.7. The Balaban J connectivity index is 1.77. The standard InChI is InChI=1S/C21H17NO3/c1-12-6-8-13(9-7-12)22-16-10-11-17(23)19-18(16)20(24)14-4-2-3-5-15(14)21(19)25/h2-11,18-19,22-23H,1H3. The van der Waals surface area contributed by atoms with Crippen LogP contribution in [0.1, 0.15) is 26.3 Å². The number of carbonyl (C=O) groups excluding carboxylic acids is 2. The van der Waals surface area contributed by atoms with Crippen LogP contribution in [0, 0.1) is 18.8 Å². The first kappa shape index (κ1) is 15.4. The monoisotopic (exact) mass is 331 g/mol. The maximum Gasteiger partial charge on any atom is 0.175 e. The summed E-state index contributed by atoms with van der Waals surface area (Å²) in [5, 5.41) is 13.5. The first-order valence-electron chi connectivity index (χ1n) is 8.18. The Bertz CT molecular complexity index is 938. The van der Waals surface area contributed by atoms with E-state index in [4.69, 9.17) is 0 Å². The Morgan fingerprint density at radius 3 is 2.08 bits per heavy atom. The van der Waals surface area contributed by atoms with Gasteiger partial charge in [0.1, 0.15) is 5.76 Å². The lowest BCUT2D eigenvalue weighted by atomic mass is 9.70. The van der Waals surface area contributed by atoms with Crippen LogP contribution in [0.5, 0.6) is 0 Å². The fraction of sp³-hybridized carbons (Fsp3) is 0.143. The zero-order valence-corrected chi connectivity index (χ0v) is 13.7. The number of hydrogen-bond acceptors (Lipinski definition) is 4. The van der Waals surface area contributed by atoms with Gasteiger partial charge in [-0.05, 0) is 31.2 Å². The number of aliphatic hydroxyl groups excluding tert-OH is 1. The van der Waals surface area contributed by atoms with Crippen molar-refractivity contribution < 1.29 is 14.7 Å². The van der Waals surface area contributed by atoms with Gasteiger partial charge in [-0.25, -0.2) is 0 Å². The molecular weight excluding hydrogens is 314 g/mol. The molecule has 2 atom stereocenters. The van der Waals surface area contributed by atoms with Gasteiger partial charge in [-0.1, -0.05) is 42.0 Å². The number of carbonyl (C=O) groups is 2. The maximum atomic E-state index is 13.0. The molecule has 2 unspecified atom stereocenters. The quantitative estimate of drug-likeness (QED) is 0.871. The molecule has 0 radical (unpaired) electrons. The molecule has 0 spiro atoms. The highest BCUT2D eigenvalue weighted by Crippen LogP contribution is 2.40. The van der Waals surface area contributed by atoms with Crippen LogP contribution in [0.25, 0.3) is 0 Å². The first-order valence-corrected chi connectivity index (χ1v) is 8.18. The number of benzene rings is 2. The summed E-state index contributed by atoms with van der Waals surface area (Å²) < 4.78 is 0. The van der Waals surface area contributed by atoms with Crippen molar-refractivity contribution >= 4 is 17.3 Å². The van der Waals surface area contributed by atoms with Gasteiger partial charge in [0.2, 0.25) is 0 Å². The number of anilines is 1. The van der Waals surface area contributed by atoms with E-state index in [1.54, 1.807) is 30.3 Å². The molecule has 4 heteroatoms. The summed E-state index contributed by atoms with van der Waals surface area (Å²) in [5.74, 6) is -2.02. The van der Waals surface area contributed by atoms with Gasteiger partial charge in [-0.15, -0.1) is 0 Å². The number of ketones is 2. The molecule has 0 saturated carbocycles. The van der Waals surface area contributed by atoms with E-state index in [1.165, 1.54) is 6.08 Å². The highest BCUT2D eigenvalue weighted by Gasteiger charge is 2.46. The molecule has 0 aliphatic heterocycles. The largest absolute Gasteiger partial charge is 0.512 e. The third-order valence-corrected chi connectivity index (χ3v) is 4.78. The van der Waals surface area contributed by atoms with Crippen LogP contribution in [-0.2, 0) is 0 Å². The highest BCUT2D eigenvalue weighted by molar-refractivity contribution is 6.18. The second-order valence-corrected chi connectivity index (χ2v) is 6.43. The van der Waals surface area contributed by atoms with Crippen LogP contribution in [0.15, 0.2) is 72.1 Å². The van der Waals surface area contributed by atoms with Crippen LogP contribution in [0.3, 0.4) is 0 Å². The predicted octanol–water partition coefficient (Wildman–Crippen LogP) is 4.06. The minimum atomic E-state index is -0.861. The van der Waals surface area contributed by atoms with E-state index in [2.05, 4.69) is 5.32 Å². The molecule has 124 valence electrons. The Morgan fingerprint density at radius 1 is 0.840 bits per heavy atom. The van der Waals surface area contributed by atoms with E-state index in [0.29, 0.717) is 16.8 Å². The molecule has 4 nitrogen and oxygen atoms in total. The van der Waals surface area contributed by atoms with Crippen molar-refractivity contribution in [2.75, 3.05) is 5.32 Å². The molecule has 4 rings (SSSR count). The Morgan fingerprint density at radius 2 is 1.44 bits per heavy atom. The molecule has 0 heterocycles. The lowest BCUT2D eigenvalue weighted by Gasteiger charge is -2.34. The topological polar surface area (TPSA) is 66.4 Å². The number of aryl methyl sites for hydroxylation is 1. The second kappa shape index (κ2) is 5.74. The molecular formula is C21H17NO3. The van der Waals surface area contributed by atoms with E-state index in [-0.39, 0.29) is 17.3 Å². The van der Waals surface area contributed by atoms with Gasteiger partial charge in [0, 0.05) is 22.5 Å². The summed E-state index contributed by atoms with van der Waals surface area (Å²) in [6.45, 7) is 2.00. The number of hydrogen-bond donors (Lipinski definition) is 2. The molecule has 0 amide bonds. The number of fused-ring (bicyclic) bond motifs is 2. The van der Waals surface area contributed by atoms with Gasteiger partial charge in [-0.2, -0.15) is 0 Å². The summed E-state index contributed by atoms with van der Waals surface area (Å²) in [5.41, 5.74) is 3.39. The van der Waals surface area contributed by atoms with Crippen LogP contribution in [0.2, 0.25) is 0 Å². The summed E-state index contributed by atoms with van der Waals surface area (Å²) in [6, 6.07) is 14.6. The summed E-state index contributed by atoms with van der Waals surface area (Å²) in [4.78, 5) is 25.9. The third-order valence-electron chi connectivity index (χ3n) is 4.78. The molecule has 2 aromatic rings. The molecule has 25 heavy (non-hydrogen) atoms. The smallest absolute Gasteiger partial charge is 0.175 e. The van der Waals surface area contributed by atoms with Crippen LogP contribution in [-0.4, -0.2) is 16.7 Å². The van der Waals surface area contributed by atoms with Gasteiger partial charge >= 0.3 is 0 Å². The van der Waals surface area contributed by atoms with Crippen molar-refractivity contribution in [3.8, 4) is 0 Å². The van der Waals surface area contributed by atoms with Crippen LogP contribution >= 0.6 is 0 Å².